The van der Waals surface area contributed by atoms with Gasteiger partial charge >= 0.3 is 0 Å². The molecule has 0 unspecified atom stereocenters. The van der Waals surface area contributed by atoms with Crippen LogP contribution in [0, 0.1) is 0 Å². The number of halogens is 1. The molecular formula is C20H17ClO2S. The second kappa shape index (κ2) is 6.42. The average Bonchev–Trinajstić information content (AvgIpc) is 2.62. The van der Waals surface area contributed by atoms with Gasteiger partial charge in [-0.25, -0.2) is 8.42 Å². The van der Waals surface area contributed by atoms with Crippen molar-refractivity contribution in [1.82, 2.24) is 0 Å². The zero-order valence-electron chi connectivity index (χ0n) is 13.2. The zero-order chi connectivity index (χ0) is 17.2. The molecule has 0 spiro atoms. The van der Waals surface area contributed by atoms with Gasteiger partial charge in [-0.15, -0.1) is 0 Å². The molecule has 3 rings (SSSR count). The molecule has 122 valence electrons. The van der Waals surface area contributed by atoms with E-state index in [1.54, 1.807) is 12.1 Å². The predicted octanol–water partition coefficient (Wildman–Crippen LogP) is 4.97. The van der Waals surface area contributed by atoms with Crippen molar-refractivity contribution in [2.75, 3.05) is 0 Å². The third-order valence-corrected chi connectivity index (χ3v) is 5.77. The van der Waals surface area contributed by atoms with Gasteiger partial charge in [-0.2, -0.15) is 0 Å². The summed E-state index contributed by atoms with van der Waals surface area (Å²) in [5.41, 5.74) is 2.03. The van der Waals surface area contributed by atoms with Gasteiger partial charge in [-0.3, -0.25) is 0 Å². The molecule has 4 heteroatoms. The third kappa shape index (κ3) is 2.97. The minimum atomic E-state index is -3.86. The summed E-state index contributed by atoms with van der Waals surface area (Å²) in [5, 5.41) is 0. The Bertz CT molecular complexity index is 896. The van der Waals surface area contributed by atoms with E-state index in [-0.39, 0.29) is 4.90 Å². The lowest BCUT2D eigenvalue weighted by atomic mass is 9.71. The van der Waals surface area contributed by atoms with Gasteiger partial charge in [0.05, 0.1) is 4.90 Å². The quantitative estimate of drug-likeness (QED) is 0.488. The maximum atomic E-state index is 12.1. The van der Waals surface area contributed by atoms with E-state index >= 15 is 0 Å². The molecule has 0 saturated carbocycles. The van der Waals surface area contributed by atoms with Crippen LogP contribution in [0.2, 0.25) is 0 Å². The molecule has 0 amide bonds. The topological polar surface area (TPSA) is 34.1 Å². The van der Waals surface area contributed by atoms with Crippen LogP contribution in [0.3, 0.4) is 0 Å². The Balaban J connectivity index is 2.37. The Morgan fingerprint density at radius 1 is 0.708 bits per heavy atom. The molecule has 3 aromatic rings. The van der Waals surface area contributed by atoms with Gasteiger partial charge in [0, 0.05) is 16.1 Å². The lowest BCUT2D eigenvalue weighted by Crippen LogP contribution is -2.27. The second-order valence-corrected chi connectivity index (χ2v) is 8.33. The van der Waals surface area contributed by atoms with Crippen molar-refractivity contribution >= 4 is 19.7 Å². The van der Waals surface area contributed by atoms with E-state index in [4.69, 9.17) is 10.7 Å². The fourth-order valence-corrected chi connectivity index (χ4v) is 4.29. The highest BCUT2D eigenvalue weighted by atomic mass is 35.7. The van der Waals surface area contributed by atoms with Crippen LogP contribution in [0.25, 0.3) is 0 Å². The number of rotatable bonds is 4. The Labute approximate surface area is 147 Å². The fourth-order valence-electron chi connectivity index (χ4n) is 3.11. The Morgan fingerprint density at radius 2 is 1.12 bits per heavy atom. The van der Waals surface area contributed by atoms with Crippen molar-refractivity contribution < 1.29 is 8.42 Å². The minimum Gasteiger partial charge on any atom is -0.207 e. The standard InChI is InChI=1S/C20H17ClO2S/c1-20(16-10-4-2-5-11-16,17-12-6-3-7-13-17)18-14-8-9-15-19(18)24(21,22)23/h2-15H,1H3. The van der Waals surface area contributed by atoms with Crippen molar-refractivity contribution in [3.05, 3.63) is 102 Å². The highest BCUT2D eigenvalue weighted by Crippen LogP contribution is 2.42. The molecule has 0 bridgehead atoms. The van der Waals surface area contributed by atoms with Gasteiger partial charge in [-0.1, -0.05) is 78.9 Å². The van der Waals surface area contributed by atoms with Gasteiger partial charge in [0.2, 0.25) is 0 Å². The first-order valence-electron chi connectivity index (χ1n) is 7.59. The molecule has 0 N–H and O–H groups in total. The maximum absolute atomic E-state index is 12.1. The van der Waals surface area contributed by atoms with Crippen LogP contribution < -0.4 is 0 Å². The summed E-state index contributed by atoms with van der Waals surface area (Å²) in [5.74, 6) is 0. The summed E-state index contributed by atoms with van der Waals surface area (Å²) in [7, 11) is 1.86. The average molecular weight is 357 g/mol. The summed E-state index contributed by atoms with van der Waals surface area (Å²) in [6.07, 6.45) is 0. The van der Waals surface area contributed by atoms with Crippen LogP contribution in [-0.4, -0.2) is 8.42 Å². The number of benzene rings is 3. The lowest BCUT2D eigenvalue weighted by Gasteiger charge is -2.33. The summed E-state index contributed by atoms with van der Waals surface area (Å²) < 4.78 is 24.3. The summed E-state index contributed by atoms with van der Waals surface area (Å²) in [4.78, 5) is 0.141. The number of hydrogen-bond donors (Lipinski definition) is 0. The fraction of sp³-hybridized carbons (Fsp3) is 0.100. The SMILES string of the molecule is CC(c1ccccc1)(c1ccccc1)c1ccccc1S(=O)(=O)Cl. The highest BCUT2D eigenvalue weighted by Gasteiger charge is 2.35. The Morgan fingerprint density at radius 3 is 1.58 bits per heavy atom. The lowest BCUT2D eigenvalue weighted by molar-refractivity contribution is 0.602. The molecule has 0 radical (unpaired) electrons. The maximum Gasteiger partial charge on any atom is 0.261 e. The highest BCUT2D eigenvalue weighted by molar-refractivity contribution is 8.13. The van der Waals surface area contributed by atoms with E-state index in [2.05, 4.69) is 0 Å². The number of hydrogen-bond acceptors (Lipinski definition) is 2. The normalized spacial score (nSPS) is 12.1. The molecule has 0 saturated heterocycles. The summed E-state index contributed by atoms with van der Waals surface area (Å²) >= 11 is 0. The first-order valence-corrected chi connectivity index (χ1v) is 9.90. The smallest absolute Gasteiger partial charge is 0.207 e. The molecule has 0 aliphatic carbocycles. The summed E-state index contributed by atoms with van der Waals surface area (Å²) in [6, 6.07) is 26.6. The molecule has 2 nitrogen and oxygen atoms in total. The van der Waals surface area contributed by atoms with E-state index in [1.807, 2.05) is 79.7 Å². The Hall–Kier alpha value is -2.10. The molecule has 0 aliphatic rings. The molecular weight excluding hydrogens is 340 g/mol. The predicted molar refractivity (Wildman–Crippen MR) is 97.9 cm³/mol. The van der Waals surface area contributed by atoms with Gasteiger partial charge in [0.1, 0.15) is 0 Å². The third-order valence-electron chi connectivity index (χ3n) is 4.39. The van der Waals surface area contributed by atoms with Crippen molar-refractivity contribution in [1.29, 1.82) is 0 Å². The van der Waals surface area contributed by atoms with Crippen molar-refractivity contribution in [3.63, 3.8) is 0 Å². The van der Waals surface area contributed by atoms with E-state index in [9.17, 15) is 8.42 Å². The first kappa shape index (κ1) is 16.7. The second-order valence-electron chi connectivity index (χ2n) is 5.79. The monoisotopic (exact) mass is 356 g/mol. The van der Waals surface area contributed by atoms with Crippen LogP contribution in [0.4, 0.5) is 0 Å². The molecule has 0 aliphatic heterocycles. The van der Waals surface area contributed by atoms with Crippen LogP contribution >= 0.6 is 10.7 Å². The molecule has 0 heterocycles. The van der Waals surface area contributed by atoms with E-state index in [0.29, 0.717) is 5.56 Å². The van der Waals surface area contributed by atoms with Crippen molar-refractivity contribution in [2.45, 2.75) is 17.2 Å². The minimum absolute atomic E-state index is 0.141. The van der Waals surface area contributed by atoms with Crippen LogP contribution in [0.5, 0.6) is 0 Å². The molecule has 3 aromatic carbocycles. The van der Waals surface area contributed by atoms with Crippen LogP contribution in [-0.2, 0) is 14.5 Å². The van der Waals surface area contributed by atoms with Gasteiger partial charge in [0.25, 0.3) is 9.05 Å². The van der Waals surface area contributed by atoms with E-state index in [0.717, 1.165) is 11.1 Å². The largest absolute Gasteiger partial charge is 0.261 e. The summed E-state index contributed by atoms with van der Waals surface area (Å²) in [6.45, 7) is 2.03. The van der Waals surface area contributed by atoms with Crippen LogP contribution in [0.15, 0.2) is 89.8 Å². The van der Waals surface area contributed by atoms with Gasteiger partial charge < -0.3 is 0 Å². The molecule has 0 atom stereocenters. The van der Waals surface area contributed by atoms with Crippen LogP contribution in [0.1, 0.15) is 23.6 Å². The van der Waals surface area contributed by atoms with Gasteiger partial charge in [-0.05, 0) is 29.7 Å². The first-order chi connectivity index (χ1) is 11.4. The van der Waals surface area contributed by atoms with Crippen molar-refractivity contribution in [3.8, 4) is 0 Å². The zero-order valence-corrected chi connectivity index (χ0v) is 14.8. The molecule has 0 aromatic heterocycles. The van der Waals surface area contributed by atoms with Gasteiger partial charge in [0.15, 0.2) is 0 Å². The van der Waals surface area contributed by atoms with Crippen molar-refractivity contribution in [2.24, 2.45) is 0 Å². The van der Waals surface area contributed by atoms with E-state index < -0.39 is 14.5 Å². The van der Waals surface area contributed by atoms with E-state index in [1.165, 1.54) is 0 Å². The Kier molecular flexibility index (Phi) is 4.48. The molecule has 0 fully saturated rings. The molecule has 24 heavy (non-hydrogen) atoms.